The molecule has 0 bridgehead atoms. The van der Waals surface area contributed by atoms with Gasteiger partial charge < -0.3 is 0 Å². The molecule has 1 fully saturated rings. The van der Waals surface area contributed by atoms with E-state index in [4.69, 9.17) is 15.8 Å². The maximum atomic E-state index is 15.1. The number of hydrogen-bond acceptors (Lipinski definition) is 6. The topological polar surface area (TPSA) is 143 Å². The Morgan fingerprint density at radius 2 is 0.915 bits per heavy atom. The van der Waals surface area contributed by atoms with Crippen molar-refractivity contribution in [2.24, 2.45) is 5.92 Å². The second-order valence-corrected chi connectivity index (χ2v) is 9.18. The van der Waals surface area contributed by atoms with E-state index in [1.54, 1.807) is 0 Å². The van der Waals surface area contributed by atoms with E-state index in [9.17, 15) is 37.7 Å². The lowest BCUT2D eigenvalue weighted by atomic mass is 9.90. The van der Waals surface area contributed by atoms with E-state index >= 15 is 26.3 Å². The van der Waals surface area contributed by atoms with Crippen molar-refractivity contribution in [3.8, 4) is 36.4 Å². The second kappa shape index (κ2) is 12.0. The normalized spacial score (nSPS) is 16.1. The Kier molecular flexibility index (Phi) is 8.49. The average molecular weight is 656 g/mol. The summed E-state index contributed by atoms with van der Waals surface area (Å²) in [5.74, 6) is -30.6. The summed E-state index contributed by atoms with van der Waals surface area (Å²) in [7, 11) is 0. The molecule has 4 rings (SSSR count). The van der Waals surface area contributed by atoms with Crippen LogP contribution in [0.25, 0.3) is 11.1 Å². The highest BCUT2D eigenvalue weighted by atomic mass is 19.2. The van der Waals surface area contributed by atoms with Crippen LogP contribution in [0, 0.1) is 138 Å². The highest BCUT2D eigenvalue weighted by molar-refractivity contribution is 5.98. The van der Waals surface area contributed by atoms with E-state index in [2.05, 4.69) is 0 Å². The molecule has 0 heterocycles. The van der Waals surface area contributed by atoms with Gasteiger partial charge in [0.05, 0.1) is 39.8 Å². The Morgan fingerprint density at radius 1 is 0.511 bits per heavy atom. The zero-order valence-corrected chi connectivity index (χ0v) is 22.1. The van der Waals surface area contributed by atoms with E-state index < -0.39 is 131 Å². The number of rotatable bonds is 4. The smallest absolute Gasteiger partial charge is 0.180 e. The number of nitrogens with zero attached hydrogens (tertiary/aromatic N) is 6. The van der Waals surface area contributed by atoms with Crippen molar-refractivity contribution < 1.29 is 48.3 Å². The van der Waals surface area contributed by atoms with Crippen molar-refractivity contribution in [3.63, 3.8) is 0 Å². The van der Waals surface area contributed by atoms with Gasteiger partial charge in [-0.1, -0.05) is 0 Å². The second-order valence-electron chi connectivity index (χ2n) is 9.18. The molecular weight excluding hydrogens is 653 g/mol. The van der Waals surface area contributed by atoms with Crippen LogP contribution in [0.2, 0.25) is 0 Å². The van der Waals surface area contributed by atoms with Crippen LogP contribution >= 0.6 is 0 Å². The molecule has 47 heavy (non-hydrogen) atoms. The number of halogens is 11. The van der Waals surface area contributed by atoms with Crippen LogP contribution in [0.5, 0.6) is 0 Å². The fourth-order valence-electron chi connectivity index (χ4n) is 4.84. The summed E-state index contributed by atoms with van der Waals surface area (Å²) >= 11 is 0. The number of nitriles is 6. The first kappa shape index (κ1) is 33.2. The van der Waals surface area contributed by atoms with Crippen LogP contribution < -0.4 is 0 Å². The zero-order valence-electron chi connectivity index (χ0n) is 22.1. The molecule has 230 valence electrons. The lowest BCUT2D eigenvalue weighted by molar-refractivity contribution is 0.429. The molecule has 3 aromatic carbocycles. The minimum Gasteiger partial charge on any atom is -0.206 e. The molecule has 1 aliphatic carbocycles. The maximum absolute atomic E-state index is 15.1. The first-order valence-electron chi connectivity index (χ1n) is 12.0. The van der Waals surface area contributed by atoms with Gasteiger partial charge in [0.2, 0.25) is 0 Å². The summed E-state index contributed by atoms with van der Waals surface area (Å²) in [6.07, 6.45) is 0. The van der Waals surface area contributed by atoms with Crippen molar-refractivity contribution in [1.82, 2.24) is 0 Å². The molecule has 0 radical (unpaired) electrons. The molecule has 2 atom stereocenters. The maximum Gasteiger partial charge on any atom is 0.180 e. The summed E-state index contributed by atoms with van der Waals surface area (Å²) in [5, 5.41) is 56.2. The molecule has 0 spiro atoms. The lowest BCUT2D eigenvalue weighted by Gasteiger charge is -2.13. The number of benzene rings is 3. The van der Waals surface area contributed by atoms with Gasteiger partial charge in [0.25, 0.3) is 0 Å². The highest BCUT2D eigenvalue weighted by Gasteiger charge is 2.53. The average Bonchev–Trinajstić information content (AvgIpc) is 3.77. The lowest BCUT2D eigenvalue weighted by Crippen LogP contribution is -2.12. The molecule has 1 aliphatic rings. The summed E-state index contributed by atoms with van der Waals surface area (Å²) in [5.41, 5.74) is -15.9. The summed E-state index contributed by atoms with van der Waals surface area (Å²) in [4.78, 5) is 0. The van der Waals surface area contributed by atoms with Crippen LogP contribution in [0.15, 0.2) is 17.2 Å². The monoisotopic (exact) mass is 656 g/mol. The first-order chi connectivity index (χ1) is 22.2. The molecule has 2 unspecified atom stereocenters. The van der Waals surface area contributed by atoms with Gasteiger partial charge in [-0.15, -0.1) is 0 Å². The largest absolute Gasteiger partial charge is 0.206 e. The van der Waals surface area contributed by atoms with Gasteiger partial charge in [-0.2, -0.15) is 31.6 Å². The fraction of sp³-hybridized carbons (Fsp3) is 0.0667. The SMILES string of the molecule is N#C/C(=C1\C(=C(\C#N)c2c(F)cc(C#N)c(F)c2F)C1C(C#N)c1c(F)c(F)c(C#N)c(F)c1F)c1c(F)c(F)c(C#N)c(F)c1F. The molecular formula is C30H3F11N6. The van der Waals surface area contributed by atoms with E-state index in [1.807, 2.05) is 0 Å². The Morgan fingerprint density at radius 3 is 1.30 bits per heavy atom. The van der Waals surface area contributed by atoms with Crippen LogP contribution in [0.3, 0.4) is 0 Å². The van der Waals surface area contributed by atoms with Gasteiger partial charge >= 0.3 is 0 Å². The van der Waals surface area contributed by atoms with Crippen molar-refractivity contribution in [2.45, 2.75) is 5.92 Å². The van der Waals surface area contributed by atoms with Gasteiger partial charge in [-0.3, -0.25) is 0 Å². The Hall–Kier alpha value is -6.69. The van der Waals surface area contributed by atoms with Crippen molar-refractivity contribution in [3.05, 3.63) is 115 Å². The van der Waals surface area contributed by atoms with Gasteiger partial charge in [-0.05, 0) is 17.2 Å². The molecule has 0 amide bonds. The van der Waals surface area contributed by atoms with E-state index in [0.29, 0.717) is 0 Å². The quantitative estimate of drug-likeness (QED) is 0.168. The summed E-state index contributed by atoms with van der Waals surface area (Å²) < 4.78 is 163. The van der Waals surface area contributed by atoms with Gasteiger partial charge in [0.15, 0.2) is 58.2 Å². The molecule has 0 aromatic heterocycles. The van der Waals surface area contributed by atoms with E-state index in [0.717, 1.165) is 36.4 Å². The van der Waals surface area contributed by atoms with E-state index in [-0.39, 0.29) is 6.07 Å². The Balaban J connectivity index is 2.25. The van der Waals surface area contributed by atoms with Crippen LogP contribution in [0.4, 0.5) is 48.3 Å². The Bertz CT molecular complexity index is 2240. The minimum atomic E-state index is -2.74. The predicted octanol–water partition coefficient (Wildman–Crippen LogP) is 7.02. The highest BCUT2D eigenvalue weighted by Crippen LogP contribution is 2.60. The van der Waals surface area contributed by atoms with Crippen molar-refractivity contribution in [1.29, 1.82) is 31.6 Å². The minimum absolute atomic E-state index is 0.0643. The zero-order chi connectivity index (χ0) is 35.2. The molecule has 6 nitrogen and oxygen atoms in total. The first-order valence-corrected chi connectivity index (χ1v) is 12.0. The number of allylic oxidation sites excluding steroid dienone is 4. The van der Waals surface area contributed by atoms with Gasteiger partial charge in [0.1, 0.15) is 47.3 Å². The molecule has 3 aromatic rings. The van der Waals surface area contributed by atoms with Gasteiger partial charge in [0, 0.05) is 11.5 Å². The third kappa shape index (κ3) is 4.75. The van der Waals surface area contributed by atoms with Crippen LogP contribution in [-0.2, 0) is 0 Å². The molecule has 0 saturated heterocycles. The third-order valence-corrected chi connectivity index (χ3v) is 6.94. The predicted molar refractivity (Wildman–Crippen MR) is 130 cm³/mol. The van der Waals surface area contributed by atoms with Gasteiger partial charge in [-0.25, -0.2) is 48.3 Å². The third-order valence-electron chi connectivity index (χ3n) is 6.94. The molecule has 1 saturated carbocycles. The van der Waals surface area contributed by atoms with E-state index in [1.165, 1.54) is 0 Å². The fourth-order valence-corrected chi connectivity index (χ4v) is 4.84. The van der Waals surface area contributed by atoms with Crippen LogP contribution in [0.1, 0.15) is 39.3 Å². The summed E-state index contributed by atoms with van der Waals surface area (Å²) in [6, 6.07) is 6.08. The van der Waals surface area contributed by atoms with Crippen molar-refractivity contribution in [2.75, 3.05) is 0 Å². The molecule has 17 heteroatoms. The van der Waals surface area contributed by atoms with Crippen LogP contribution in [-0.4, -0.2) is 0 Å². The van der Waals surface area contributed by atoms with Crippen molar-refractivity contribution >= 4 is 11.1 Å². The summed E-state index contributed by atoms with van der Waals surface area (Å²) in [6.45, 7) is 0. The molecule has 0 aliphatic heterocycles. The standard InChI is InChI=1S/C30H3F11N6/c31-14-1-8(2-42)21(32)26(37)15(14)9(3-43)16-17(10(4-44)19-27(38)22(33)12(6-46)23(34)28(19)39)18(16)11(5-45)20-29(40)24(35)13(7-47)25(36)30(20)41/h1,10,17H/b16-9-,18-11-. The molecule has 0 N–H and O–H groups in total. The number of hydrogen-bond donors (Lipinski definition) is 0. The Labute approximate surface area is 254 Å².